The number of piperazine rings is 1. The van der Waals surface area contributed by atoms with Gasteiger partial charge in [0.05, 0.1) is 11.4 Å². The number of nitrogens with zero attached hydrogens (tertiary/aromatic N) is 2. The zero-order valence-electron chi connectivity index (χ0n) is 19.9. The van der Waals surface area contributed by atoms with Crippen molar-refractivity contribution in [3.63, 3.8) is 0 Å². The summed E-state index contributed by atoms with van der Waals surface area (Å²) in [5, 5.41) is 5.21. The summed E-state index contributed by atoms with van der Waals surface area (Å²) in [5.41, 5.74) is 0.526. The first-order valence-electron chi connectivity index (χ1n) is 11.7. The van der Waals surface area contributed by atoms with E-state index in [0.717, 1.165) is 22.1 Å². The van der Waals surface area contributed by atoms with Crippen LogP contribution >= 0.6 is 0 Å². The van der Waals surface area contributed by atoms with Gasteiger partial charge in [-0.15, -0.1) is 0 Å². The van der Waals surface area contributed by atoms with E-state index >= 15 is 0 Å². The minimum Gasteiger partial charge on any atom is -0.454 e. The first kappa shape index (κ1) is 23.6. The van der Waals surface area contributed by atoms with Crippen molar-refractivity contribution in [2.45, 2.75) is 24.3 Å². The summed E-state index contributed by atoms with van der Waals surface area (Å²) in [7, 11) is -3.62. The third-order valence-electron chi connectivity index (χ3n) is 6.73. The molecule has 184 valence electrons. The van der Waals surface area contributed by atoms with Crippen LogP contribution in [0.15, 0.2) is 65.6 Å². The molecule has 0 radical (unpaired) electrons. The zero-order chi connectivity index (χ0) is 24.6. The highest BCUT2D eigenvalue weighted by molar-refractivity contribution is 7.89. The Morgan fingerprint density at radius 1 is 0.914 bits per heavy atom. The lowest BCUT2D eigenvalue weighted by molar-refractivity contribution is -0.131. The maximum absolute atomic E-state index is 13.2. The molecule has 9 heteroatoms. The number of carbonyl (C=O) groups is 1. The average molecular weight is 496 g/mol. The molecule has 35 heavy (non-hydrogen) atoms. The molecule has 3 aromatic rings. The Morgan fingerprint density at radius 2 is 1.63 bits per heavy atom. The molecular formula is C26H29N3O5S. The van der Waals surface area contributed by atoms with Crippen molar-refractivity contribution in [3.05, 3.63) is 66.2 Å². The Kier molecular flexibility index (Phi) is 6.16. The molecular weight excluding hydrogens is 466 g/mol. The monoisotopic (exact) mass is 495 g/mol. The predicted octanol–water partition coefficient (Wildman–Crippen LogP) is 2.93. The standard InChI is InChI=1S/C26H29N3O5S/c1-26(2,21-8-10-23-24(16-21)34-18-33-23)27-17-25(30)28-11-13-29(14-12-28)35(31,32)22-9-7-19-5-3-4-6-20(19)15-22/h3-10,15-16,27H,11-14,17-18H2,1-2H3. The number of carbonyl (C=O) groups excluding carboxylic acids is 1. The van der Waals surface area contributed by atoms with Gasteiger partial charge in [-0.1, -0.05) is 36.4 Å². The predicted molar refractivity (Wildman–Crippen MR) is 133 cm³/mol. The second-order valence-electron chi connectivity index (χ2n) is 9.34. The maximum atomic E-state index is 13.2. The largest absolute Gasteiger partial charge is 0.454 e. The smallest absolute Gasteiger partial charge is 0.243 e. The van der Waals surface area contributed by atoms with Crippen LogP contribution in [0.2, 0.25) is 0 Å². The van der Waals surface area contributed by atoms with Crippen molar-refractivity contribution < 1.29 is 22.7 Å². The summed E-state index contributed by atoms with van der Waals surface area (Å²) < 4.78 is 38.7. The zero-order valence-corrected chi connectivity index (χ0v) is 20.7. The minimum absolute atomic E-state index is 0.0541. The van der Waals surface area contributed by atoms with Crippen molar-refractivity contribution in [1.82, 2.24) is 14.5 Å². The van der Waals surface area contributed by atoms with Crippen molar-refractivity contribution in [2.24, 2.45) is 0 Å². The first-order chi connectivity index (χ1) is 16.7. The number of fused-ring (bicyclic) bond motifs is 2. The van der Waals surface area contributed by atoms with E-state index in [2.05, 4.69) is 5.32 Å². The van der Waals surface area contributed by atoms with Crippen LogP contribution in [0.5, 0.6) is 11.5 Å². The van der Waals surface area contributed by atoms with E-state index in [-0.39, 0.29) is 37.2 Å². The van der Waals surface area contributed by atoms with Crippen LogP contribution in [-0.2, 0) is 20.4 Å². The van der Waals surface area contributed by atoms with E-state index in [1.165, 1.54) is 4.31 Å². The van der Waals surface area contributed by atoms with Gasteiger partial charge in [-0.2, -0.15) is 4.31 Å². The Labute approximate surface area is 205 Å². The molecule has 0 spiro atoms. The second-order valence-corrected chi connectivity index (χ2v) is 11.3. The molecule has 5 rings (SSSR count). The Balaban J connectivity index is 1.18. The van der Waals surface area contributed by atoms with Gasteiger partial charge in [0, 0.05) is 31.7 Å². The third kappa shape index (κ3) is 4.71. The number of ether oxygens (including phenoxy) is 2. The summed E-state index contributed by atoms with van der Waals surface area (Å²) >= 11 is 0. The van der Waals surface area contributed by atoms with Gasteiger partial charge in [0.1, 0.15) is 0 Å². The molecule has 0 atom stereocenters. The topological polar surface area (TPSA) is 88.2 Å². The van der Waals surface area contributed by atoms with E-state index in [9.17, 15) is 13.2 Å². The normalized spacial score (nSPS) is 16.6. The average Bonchev–Trinajstić information content (AvgIpc) is 3.35. The molecule has 2 heterocycles. The molecule has 8 nitrogen and oxygen atoms in total. The fraction of sp³-hybridized carbons (Fsp3) is 0.346. The summed E-state index contributed by atoms with van der Waals surface area (Å²) in [6.45, 7) is 5.64. The lowest BCUT2D eigenvalue weighted by atomic mass is 9.94. The third-order valence-corrected chi connectivity index (χ3v) is 8.62. The van der Waals surface area contributed by atoms with Gasteiger partial charge in [0.15, 0.2) is 11.5 Å². The van der Waals surface area contributed by atoms with E-state index in [1.807, 2.05) is 62.4 Å². The quantitative estimate of drug-likeness (QED) is 0.566. The first-order valence-corrected chi connectivity index (χ1v) is 13.1. The number of benzene rings is 3. The van der Waals surface area contributed by atoms with E-state index in [4.69, 9.17) is 9.47 Å². The number of rotatable bonds is 6. The molecule has 0 unspecified atom stereocenters. The molecule has 0 saturated carbocycles. The van der Waals surface area contributed by atoms with E-state index in [0.29, 0.717) is 18.8 Å². The van der Waals surface area contributed by atoms with Crippen LogP contribution in [0, 0.1) is 0 Å². The number of nitrogens with one attached hydrogen (secondary N) is 1. The Morgan fingerprint density at radius 3 is 2.40 bits per heavy atom. The van der Waals surface area contributed by atoms with Gasteiger partial charge >= 0.3 is 0 Å². The van der Waals surface area contributed by atoms with Gasteiger partial charge in [0.25, 0.3) is 0 Å². The van der Waals surface area contributed by atoms with Crippen LogP contribution in [0.1, 0.15) is 19.4 Å². The number of sulfonamides is 1. The lowest BCUT2D eigenvalue weighted by Crippen LogP contribution is -2.53. The highest BCUT2D eigenvalue weighted by Gasteiger charge is 2.31. The summed E-state index contributed by atoms with van der Waals surface area (Å²) in [6.07, 6.45) is 0. The van der Waals surface area contributed by atoms with Crippen LogP contribution < -0.4 is 14.8 Å². The van der Waals surface area contributed by atoms with Gasteiger partial charge in [-0.3, -0.25) is 10.1 Å². The SMILES string of the molecule is CC(C)(NCC(=O)N1CCN(S(=O)(=O)c2ccc3ccccc3c2)CC1)c1ccc2c(c1)OCO2. The van der Waals surface area contributed by atoms with Crippen molar-refractivity contribution >= 4 is 26.7 Å². The maximum Gasteiger partial charge on any atom is 0.243 e. The summed E-state index contributed by atoms with van der Waals surface area (Å²) in [5.74, 6) is 1.37. The summed E-state index contributed by atoms with van der Waals surface area (Å²) in [4.78, 5) is 14.9. The minimum atomic E-state index is -3.62. The number of hydrogen-bond acceptors (Lipinski definition) is 6. The van der Waals surface area contributed by atoms with Crippen molar-refractivity contribution in [2.75, 3.05) is 39.5 Å². The molecule has 0 aliphatic carbocycles. The molecule has 1 saturated heterocycles. The lowest BCUT2D eigenvalue weighted by Gasteiger charge is -2.35. The molecule has 1 N–H and O–H groups in total. The highest BCUT2D eigenvalue weighted by atomic mass is 32.2. The fourth-order valence-corrected chi connectivity index (χ4v) is 5.91. The molecule has 1 fully saturated rings. The van der Waals surface area contributed by atoms with Crippen LogP contribution in [0.25, 0.3) is 10.8 Å². The highest BCUT2D eigenvalue weighted by Crippen LogP contribution is 2.35. The second kappa shape index (κ2) is 9.14. The van der Waals surface area contributed by atoms with Crippen molar-refractivity contribution in [1.29, 1.82) is 0 Å². The van der Waals surface area contributed by atoms with Gasteiger partial charge in [-0.25, -0.2) is 8.42 Å². The van der Waals surface area contributed by atoms with Gasteiger partial charge < -0.3 is 14.4 Å². The van der Waals surface area contributed by atoms with Crippen LogP contribution in [-0.4, -0.2) is 63.0 Å². The van der Waals surface area contributed by atoms with Crippen molar-refractivity contribution in [3.8, 4) is 11.5 Å². The molecule has 2 aliphatic heterocycles. The van der Waals surface area contributed by atoms with E-state index < -0.39 is 15.6 Å². The molecule has 1 amide bonds. The molecule has 0 aromatic heterocycles. The van der Waals surface area contributed by atoms with Crippen LogP contribution in [0.4, 0.5) is 0 Å². The summed E-state index contributed by atoms with van der Waals surface area (Å²) in [6, 6.07) is 18.6. The Hall–Kier alpha value is -3.14. The Bertz CT molecular complexity index is 1360. The number of amides is 1. The molecule has 3 aromatic carbocycles. The fourth-order valence-electron chi connectivity index (χ4n) is 4.45. The van der Waals surface area contributed by atoms with E-state index in [1.54, 1.807) is 17.0 Å². The van der Waals surface area contributed by atoms with Gasteiger partial charge in [0.2, 0.25) is 22.7 Å². The molecule has 0 bridgehead atoms. The molecule has 2 aliphatic rings. The number of hydrogen-bond donors (Lipinski definition) is 1. The van der Waals surface area contributed by atoms with Crippen LogP contribution in [0.3, 0.4) is 0 Å². The van der Waals surface area contributed by atoms with Gasteiger partial charge in [-0.05, 0) is 54.4 Å².